The molecule has 1 heterocycles. The maximum absolute atomic E-state index is 11.4. The van der Waals surface area contributed by atoms with Gasteiger partial charge in [-0.25, -0.2) is 4.79 Å². The van der Waals surface area contributed by atoms with Gasteiger partial charge in [0.15, 0.2) is 0 Å². The highest BCUT2D eigenvalue weighted by molar-refractivity contribution is 5.76. The molecule has 0 spiro atoms. The summed E-state index contributed by atoms with van der Waals surface area (Å²) < 4.78 is 0. The van der Waals surface area contributed by atoms with E-state index in [-0.39, 0.29) is 6.03 Å². The van der Waals surface area contributed by atoms with Crippen molar-refractivity contribution in [1.29, 1.82) is 0 Å². The molecule has 2 N–H and O–H groups in total. The molecule has 0 aromatic heterocycles. The summed E-state index contributed by atoms with van der Waals surface area (Å²) in [4.78, 5) is 15.5. The van der Waals surface area contributed by atoms with Crippen LogP contribution in [-0.2, 0) is 0 Å². The molecule has 1 rings (SSSR count). The molecule has 0 radical (unpaired) electrons. The average Bonchev–Trinajstić information content (AvgIpc) is 2.62. The van der Waals surface area contributed by atoms with E-state index in [0.717, 1.165) is 32.7 Å². The highest BCUT2D eigenvalue weighted by Crippen LogP contribution is 2.05. The van der Waals surface area contributed by atoms with Crippen LogP contribution in [0.4, 0.5) is 4.79 Å². The molecular weight excluding hydrogens is 228 g/mol. The Morgan fingerprint density at radius 1 is 1.44 bits per heavy atom. The van der Waals surface area contributed by atoms with Gasteiger partial charge in [0, 0.05) is 38.8 Å². The second kappa shape index (κ2) is 7.59. The first kappa shape index (κ1) is 15.2. The Labute approximate surface area is 111 Å². The number of nitrogens with one attached hydrogen (secondary N) is 2. The fraction of sp³-hybridized carbons (Fsp3) is 0.923. The Kier molecular flexibility index (Phi) is 6.43. The zero-order chi connectivity index (χ0) is 13.5. The highest BCUT2D eigenvalue weighted by Gasteiger charge is 2.19. The maximum atomic E-state index is 11.4. The lowest BCUT2D eigenvalue weighted by Gasteiger charge is -2.25. The van der Waals surface area contributed by atoms with Crippen LogP contribution in [0.3, 0.4) is 0 Å². The third-order valence-corrected chi connectivity index (χ3v) is 3.10. The second-order valence-electron chi connectivity index (χ2n) is 5.76. The molecule has 1 aliphatic heterocycles. The van der Waals surface area contributed by atoms with Crippen molar-refractivity contribution < 1.29 is 4.79 Å². The Hall–Kier alpha value is -0.810. The molecule has 18 heavy (non-hydrogen) atoms. The van der Waals surface area contributed by atoms with Gasteiger partial charge >= 0.3 is 6.03 Å². The second-order valence-corrected chi connectivity index (χ2v) is 5.76. The van der Waals surface area contributed by atoms with Gasteiger partial charge in [0.05, 0.1) is 0 Å². The average molecular weight is 256 g/mol. The molecule has 5 nitrogen and oxygen atoms in total. The summed E-state index contributed by atoms with van der Waals surface area (Å²) in [5.74, 6) is 0.692. The number of amides is 2. The van der Waals surface area contributed by atoms with Crippen LogP contribution in [0, 0.1) is 5.92 Å². The summed E-state index contributed by atoms with van der Waals surface area (Å²) in [6, 6.07) is 0.579. The molecule has 1 aliphatic rings. The zero-order valence-corrected chi connectivity index (χ0v) is 12.2. The van der Waals surface area contributed by atoms with E-state index in [1.165, 1.54) is 6.42 Å². The van der Waals surface area contributed by atoms with E-state index < -0.39 is 0 Å². The fourth-order valence-electron chi connectivity index (χ4n) is 2.36. The summed E-state index contributed by atoms with van der Waals surface area (Å²) >= 11 is 0. The van der Waals surface area contributed by atoms with Gasteiger partial charge in [-0.15, -0.1) is 0 Å². The lowest BCUT2D eigenvalue weighted by molar-refractivity contribution is 0.215. The van der Waals surface area contributed by atoms with Crippen LogP contribution in [0.25, 0.3) is 0 Å². The van der Waals surface area contributed by atoms with Crippen LogP contribution >= 0.6 is 0 Å². The minimum absolute atomic E-state index is 0.0739. The Morgan fingerprint density at radius 2 is 2.17 bits per heavy atom. The SMILES string of the molecule is CC(C)CC(CN(C)C)NCCN1CCNC1=O. The van der Waals surface area contributed by atoms with Crippen LogP contribution in [0.2, 0.25) is 0 Å². The number of likely N-dealkylation sites (N-methyl/N-ethyl adjacent to an activating group) is 1. The number of carbonyl (C=O) groups excluding carboxylic acids is 1. The lowest BCUT2D eigenvalue weighted by atomic mass is 10.0. The molecule has 2 amide bonds. The first-order valence-electron chi connectivity index (χ1n) is 6.90. The number of nitrogens with zero attached hydrogens (tertiary/aromatic N) is 2. The zero-order valence-electron chi connectivity index (χ0n) is 12.2. The Balaban J connectivity index is 2.25. The molecule has 106 valence electrons. The van der Waals surface area contributed by atoms with Crippen molar-refractivity contribution in [3.8, 4) is 0 Å². The van der Waals surface area contributed by atoms with Crippen LogP contribution in [0.15, 0.2) is 0 Å². The standard InChI is InChI=1S/C13H28N4O/c1-11(2)9-12(10-16(3)4)14-5-7-17-8-6-15-13(17)18/h11-12,14H,5-10H2,1-4H3,(H,15,18). The molecule has 0 aliphatic carbocycles. The van der Waals surface area contributed by atoms with Gasteiger partial charge in [-0.1, -0.05) is 13.8 Å². The van der Waals surface area contributed by atoms with Gasteiger partial charge in [-0.2, -0.15) is 0 Å². The van der Waals surface area contributed by atoms with E-state index in [2.05, 4.69) is 43.5 Å². The fourth-order valence-corrected chi connectivity index (χ4v) is 2.36. The molecule has 0 saturated carbocycles. The summed E-state index contributed by atoms with van der Waals surface area (Å²) in [7, 11) is 4.20. The predicted octanol–water partition coefficient (Wildman–Crippen LogP) is 0.578. The number of urea groups is 1. The smallest absolute Gasteiger partial charge is 0.317 e. The van der Waals surface area contributed by atoms with Gasteiger partial charge in [0.1, 0.15) is 0 Å². The minimum atomic E-state index is 0.0739. The van der Waals surface area contributed by atoms with Crippen molar-refractivity contribution in [1.82, 2.24) is 20.4 Å². The van der Waals surface area contributed by atoms with E-state index in [1.807, 2.05) is 4.90 Å². The Bertz CT molecular complexity index is 245. The first-order valence-corrected chi connectivity index (χ1v) is 6.90. The summed E-state index contributed by atoms with van der Waals surface area (Å²) in [5.41, 5.74) is 0. The summed E-state index contributed by atoms with van der Waals surface area (Å²) in [5, 5.41) is 6.39. The number of carbonyl (C=O) groups is 1. The summed E-state index contributed by atoms with van der Waals surface area (Å²) in [6.07, 6.45) is 1.17. The van der Waals surface area contributed by atoms with Crippen LogP contribution < -0.4 is 10.6 Å². The van der Waals surface area contributed by atoms with E-state index in [1.54, 1.807) is 0 Å². The van der Waals surface area contributed by atoms with Crippen molar-refractivity contribution >= 4 is 6.03 Å². The van der Waals surface area contributed by atoms with Crippen molar-refractivity contribution in [3.05, 3.63) is 0 Å². The van der Waals surface area contributed by atoms with E-state index >= 15 is 0 Å². The lowest BCUT2D eigenvalue weighted by Crippen LogP contribution is -2.43. The predicted molar refractivity (Wildman–Crippen MR) is 74.8 cm³/mol. The molecule has 5 heteroatoms. The summed E-state index contributed by atoms with van der Waals surface area (Å²) in [6.45, 7) is 8.84. The van der Waals surface area contributed by atoms with Crippen molar-refractivity contribution in [2.75, 3.05) is 46.8 Å². The number of hydrogen-bond donors (Lipinski definition) is 2. The monoisotopic (exact) mass is 256 g/mol. The molecule has 1 saturated heterocycles. The van der Waals surface area contributed by atoms with E-state index in [9.17, 15) is 4.79 Å². The van der Waals surface area contributed by atoms with Crippen LogP contribution in [-0.4, -0.2) is 68.7 Å². The normalized spacial score (nSPS) is 17.7. The molecular formula is C13H28N4O. The van der Waals surface area contributed by atoms with Crippen LogP contribution in [0.1, 0.15) is 20.3 Å². The molecule has 1 fully saturated rings. The van der Waals surface area contributed by atoms with Crippen molar-refractivity contribution in [2.24, 2.45) is 5.92 Å². The van der Waals surface area contributed by atoms with Gasteiger partial charge < -0.3 is 20.4 Å². The molecule has 0 aromatic carbocycles. The van der Waals surface area contributed by atoms with Gasteiger partial charge in [0.2, 0.25) is 0 Å². The van der Waals surface area contributed by atoms with Crippen LogP contribution in [0.5, 0.6) is 0 Å². The largest absolute Gasteiger partial charge is 0.336 e. The van der Waals surface area contributed by atoms with Crippen molar-refractivity contribution in [3.63, 3.8) is 0 Å². The number of rotatable bonds is 8. The number of hydrogen-bond acceptors (Lipinski definition) is 3. The maximum Gasteiger partial charge on any atom is 0.317 e. The third kappa shape index (κ3) is 5.69. The Morgan fingerprint density at radius 3 is 2.67 bits per heavy atom. The topological polar surface area (TPSA) is 47.6 Å². The van der Waals surface area contributed by atoms with Gasteiger partial charge in [-0.05, 0) is 26.4 Å². The van der Waals surface area contributed by atoms with Gasteiger partial charge in [0.25, 0.3) is 0 Å². The van der Waals surface area contributed by atoms with Crippen molar-refractivity contribution in [2.45, 2.75) is 26.3 Å². The third-order valence-electron chi connectivity index (χ3n) is 3.10. The minimum Gasteiger partial charge on any atom is -0.336 e. The van der Waals surface area contributed by atoms with E-state index in [0.29, 0.717) is 12.0 Å². The molecule has 0 bridgehead atoms. The van der Waals surface area contributed by atoms with Gasteiger partial charge in [-0.3, -0.25) is 0 Å². The van der Waals surface area contributed by atoms with E-state index in [4.69, 9.17) is 0 Å². The molecule has 0 aromatic rings. The molecule has 1 atom stereocenters. The molecule has 1 unspecified atom stereocenters. The quantitative estimate of drug-likeness (QED) is 0.668. The highest BCUT2D eigenvalue weighted by atomic mass is 16.2. The first-order chi connectivity index (χ1) is 8.49.